The molecule has 122 valence electrons. The molecule has 0 aliphatic heterocycles. The molecule has 0 atom stereocenters. The summed E-state index contributed by atoms with van der Waals surface area (Å²) in [6.07, 6.45) is 0. The lowest BCUT2D eigenvalue weighted by Crippen LogP contribution is -2.41. The fourth-order valence-electron chi connectivity index (χ4n) is 2.03. The van der Waals surface area contributed by atoms with Gasteiger partial charge in [0.05, 0.1) is 6.54 Å². The van der Waals surface area contributed by atoms with Crippen LogP contribution in [0.5, 0.6) is 0 Å². The fraction of sp³-hybridized carbons (Fsp3) is 0.533. The van der Waals surface area contributed by atoms with Gasteiger partial charge in [0.2, 0.25) is 5.91 Å². The molecule has 0 saturated heterocycles. The van der Waals surface area contributed by atoms with Crippen molar-refractivity contribution >= 4 is 30.7 Å². The van der Waals surface area contributed by atoms with Crippen LogP contribution in [0.1, 0.15) is 19.4 Å². The molecule has 0 fully saturated rings. The third-order valence-electron chi connectivity index (χ3n) is 3.32. The number of likely N-dealkylation sites (N-methyl/N-ethyl adjacent to an activating group) is 1. The summed E-state index contributed by atoms with van der Waals surface area (Å²) >= 11 is 0. The lowest BCUT2D eigenvalue weighted by atomic mass is 10.2. The van der Waals surface area contributed by atoms with Crippen LogP contribution in [0, 0.1) is 0 Å². The second-order valence-electron chi connectivity index (χ2n) is 4.53. The van der Waals surface area contributed by atoms with E-state index in [0.717, 1.165) is 31.7 Å². The van der Waals surface area contributed by atoms with Crippen molar-refractivity contribution in [2.24, 2.45) is 5.73 Å². The zero-order valence-electron chi connectivity index (χ0n) is 12.8. The van der Waals surface area contributed by atoms with E-state index in [1.165, 1.54) is 0 Å². The van der Waals surface area contributed by atoms with Gasteiger partial charge < -0.3 is 15.5 Å². The molecule has 6 heteroatoms. The average Bonchev–Trinajstić information content (AvgIpc) is 2.47. The van der Waals surface area contributed by atoms with E-state index in [1.54, 1.807) is 0 Å². The van der Waals surface area contributed by atoms with Crippen LogP contribution >= 0.6 is 24.8 Å². The van der Waals surface area contributed by atoms with Crippen LogP contribution in [0.25, 0.3) is 0 Å². The van der Waals surface area contributed by atoms with Gasteiger partial charge in [-0.05, 0) is 18.7 Å². The number of rotatable bonds is 8. The molecule has 1 aromatic carbocycles. The first kappa shape index (κ1) is 22.5. The summed E-state index contributed by atoms with van der Waals surface area (Å²) in [6.45, 7) is 8.62. The normalized spacial score (nSPS) is 9.71. The van der Waals surface area contributed by atoms with Gasteiger partial charge in [-0.1, -0.05) is 44.2 Å². The molecule has 0 aliphatic rings. The van der Waals surface area contributed by atoms with E-state index in [-0.39, 0.29) is 37.3 Å². The number of carbonyl (C=O) groups is 1. The van der Waals surface area contributed by atoms with Gasteiger partial charge in [-0.2, -0.15) is 0 Å². The number of hydrogen-bond donors (Lipinski definition) is 1. The number of nitrogens with zero attached hydrogens (tertiary/aromatic N) is 2. The Bertz CT molecular complexity index is 372. The summed E-state index contributed by atoms with van der Waals surface area (Å²) in [7, 11) is 0. The summed E-state index contributed by atoms with van der Waals surface area (Å²) in [5.41, 5.74) is 6.64. The van der Waals surface area contributed by atoms with Crippen molar-refractivity contribution in [3.05, 3.63) is 35.9 Å². The molecule has 0 aliphatic carbocycles. The zero-order chi connectivity index (χ0) is 14.1. The van der Waals surface area contributed by atoms with Crippen molar-refractivity contribution < 1.29 is 4.79 Å². The highest BCUT2D eigenvalue weighted by Crippen LogP contribution is 2.05. The molecule has 1 amide bonds. The van der Waals surface area contributed by atoms with Gasteiger partial charge in [-0.25, -0.2) is 0 Å². The van der Waals surface area contributed by atoms with Gasteiger partial charge in [-0.3, -0.25) is 4.79 Å². The molecule has 2 N–H and O–H groups in total. The van der Waals surface area contributed by atoms with E-state index in [9.17, 15) is 4.79 Å². The summed E-state index contributed by atoms with van der Waals surface area (Å²) < 4.78 is 0. The van der Waals surface area contributed by atoms with Crippen molar-refractivity contribution in [1.29, 1.82) is 0 Å². The van der Waals surface area contributed by atoms with Crippen LogP contribution in [-0.4, -0.2) is 48.4 Å². The molecule has 0 unspecified atom stereocenters. The Kier molecular flexibility index (Phi) is 13.8. The first-order chi connectivity index (χ1) is 9.21. The van der Waals surface area contributed by atoms with Crippen LogP contribution in [0.4, 0.5) is 0 Å². The maximum atomic E-state index is 11.9. The van der Waals surface area contributed by atoms with Crippen molar-refractivity contribution in [2.75, 3.05) is 32.7 Å². The quantitative estimate of drug-likeness (QED) is 0.791. The van der Waals surface area contributed by atoms with Crippen molar-refractivity contribution in [1.82, 2.24) is 9.80 Å². The monoisotopic (exact) mass is 335 g/mol. The predicted octanol–water partition coefficient (Wildman–Crippen LogP) is 2.16. The third kappa shape index (κ3) is 8.27. The highest BCUT2D eigenvalue weighted by atomic mass is 35.5. The highest BCUT2D eigenvalue weighted by molar-refractivity contribution is 5.85. The van der Waals surface area contributed by atoms with Crippen molar-refractivity contribution in [2.45, 2.75) is 20.4 Å². The van der Waals surface area contributed by atoms with E-state index < -0.39 is 0 Å². The smallest absolute Gasteiger partial charge is 0.236 e. The molecular weight excluding hydrogens is 309 g/mol. The van der Waals surface area contributed by atoms with Crippen LogP contribution in [0.2, 0.25) is 0 Å². The minimum absolute atomic E-state index is 0. The average molecular weight is 336 g/mol. The largest absolute Gasteiger partial charge is 0.336 e. The second kappa shape index (κ2) is 12.9. The lowest BCUT2D eigenvalue weighted by molar-refractivity contribution is -0.130. The topological polar surface area (TPSA) is 49.6 Å². The van der Waals surface area contributed by atoms with Gasteiger partial charge in [0.15, 0.2) is 0 Å². The first-order valence-corrected chi connectivity index (χ1v) is 6.95. The maximum absolute atomic E-state index is 11.9. The Morgan fingerprint density at radius 3 is 2.10 bits per heavy atom. The summed E-state index contributed by atoms with van der Waals surface area (Å²) in [6, 6.07) is 10.0. The molecule has 4 nitrogen and oxygen atoms in total. The number of carbonyl (C=O) groups excluding carboxylic acids is 1. The van der Waals surface area contributed by atoms with Gasteiger partial charge >= 0.3 is 0 Å². The Hall–Kier alpha value is -0.810. The van der Waals surface area contributed by atoms with Crippen molar-refractivity contribution in [3.63, 3.8) is 0 Å². The van der Waals surface area contributed by atoms with Crippen LogP contribution in [0.15, 0.2) is 30.3 Å². The Balaban J connectivity index is 0. The minimum Gasteiger partial charge on any atom is -0.336 e. The zero-order valence-corrected chi connectivity index (χ0v) is 14.5. The van der Waals surface area contributed by atoms with Gasteiger partial charge in [0, 0.05) is 19.6 Å². The molecule has 0 spiro atoms. The van der Waals surface area contributed by atoms with E-state index in [4.69, 9.17) is 5.73 Å². The molecule has 0 radical (unpaired) electrons. The number of benzene rings is 1. The number of hydrogen-bond acceptors (Lipinski definition) is 3. The molecule has 0 heterocycles. The van der Waals surface area contributed by atoms with Gasteiger partial charge in [-0.15, -0.1) is 24.8 Å². The lowest BCUT2D eigenvalue weighted by Gasteiger charge is -2.26. The summed E-state index contributed by atoms with van der Waals surface area (Å²) in [5, 5.41) is 0. The van der Waals surface area contributed by atoms with Gasteiger partial charge in [0.1, 0.15) is 0 Å². The molecule has 1 rings (SSSR count). The Morgan fingerprint density at radius 2 is 1.62 bits per heavy atom. The number of amides is 1. The first-order valence-electron chi connectivity index (χ1n) is 6.95. The minimum atomic E-state index is 0. The van der Waals surface area contributed by atoms with E-state index in [0.29, 0.717) is 6.54 Å². The second-order valence-corrected chi connectivity index (χ2v) is 4.53. The fourth-order valence-corrected chi connectivity index (χ4v) is 2.03. The third-order valence-corrected chi connectivity index (χ3v) is 3.32. The Morgan fingerprint density at radius 1 is 1.05 bits per heavy atom. The number of nitrogens with two attached hydrogens (primary N) is 1. The summed E-state index contributed by atoms with van der Waals surface area (Å²) in [4.78, 5) is 16.0. The van der Waals surface area contributed by atoms with Crippen LogP contribution < -0.4 is 5.73 Å². The highest BCUT2D eigenvalue weighted by Gasteiger charge is 2.13. The molecule has 21 heavy (non-hydrogen) atoms. The van der Waals surface area contributed by atoms with Crippen LogP contribution in [0.3, 0.4) is 0 Å². The predicted molar refractivity (Wildman–Crippen MR) is 93.2 cm³/mol. The molecule has 0 bridgehead atoms. The maximum Gasteiger partial charge on any atom is 0.236 e. The standard InChI is InChI=1S/C15H25N3O.2ClH/c1-3-17(4-2)10-11-18(15(19)12-16)13-14-8-6-5-7-9-14;;/h5-9H,3-4,10-13,16H2,1-2H3;2*1H. The van der Waals surface area contributed by atoms with E-state index >= 15 is 0 Å². The summed E-state index contributed by atoms with van der Waals surface area (Å²) in [5.74, 6) is 0.0102. The van der Waals surface area contributed by atoms with Gasteiger partial charge in [0.25, 0.3) is 0 Å². The van der Waals surface area contributed by atoms with E-state index in [1.807, 2.05) is 35.2 Å². The molecule has 0 saturated carbocycles. The number of halogens is 2. The molecular formula is C15H27Cl2N3O. The van der Waals surface area contributed by atoms with E-state index in [2.05, 4.69) is 18.7 Å². The molecule has 1 aromatic rings. The Labute approximate surface area is 140 Å². The molecule has 0 aromatic heterocycles. The SMILES string of the molecule is CCN(CC)CCN(Cc1ccccc1)C(=O)CN.Cl.Cl. The van der Waals surface area contributed by atoms with Crippen LogP contribution in [-0.2, 0) is 11.3 Å². The van der Waals surface area contributed by atoms with Crippen molar-refractivity contribution in [3.8, 4) is 0 Å².